The zero-order valence-electron chi connectivity index (χ0n) is 14.7. The van der Waals surface area contributed by atoms with E-state index in [9.17, 15) is 10.3 Å². The number of fused-ring (bicyclic) bond motifs is 1. The number of piperidine rings is 1. The highest BCUT2D eigenvalue weighted by Gasteiger charge is 2.76. The van der Waals surface area contributed by atoms with E-state index >= 15 is 0 Å². The first-order valence-electron chi connectivity index (χ1n) is 9.26. The van der Waals surface area contributed by atoms with Gasteiger partial charge in [0.1, 0.15) is 5.75 Å². The van der Waals surface area contributed by atoms with Gasteiger partial charge in [-0.25, -0.2) is 0 Å². The maximum absolute atomic E-state index is 12.1. The number of ether oxygens (including phenoxy) is 1. The van der Waals surface area contributed by atoms with Crippen LogP contribution in [0, 0.1) is 17.0 Å². The molecule has 1 N–H and O–H groups in total. The predicted octanol–water partition coefficient (Wildman–Crippen LogP) is 2.39. The van der Waals surface area contributed by atoms with E-state index in [4.69, 9.17) is 4.74 Å². The van der Waals surface area contributed by atoms with Crippen LogP contribution in [0.25, 0.3) is 10.9 Å². The minimum absolute atomic E-state index is 0.165. The van der Waals surface area contributed by atoms with Gasteiger partial charge in [-0.1, -0.05) is 13.3 Å². The zero-order valence-corrected chi connectivity index (χ0v) is 14.7. The average molecular weight is 340 g/mol. The van der Waals surface area contributed by atoms with Gasteiger partial charge >= 0.3 is 0 Å². The highest BCUT2D eigenvalue weighted by molar-refractivity contribution is 5.81. The van der Waals surface area contributed by atoms with Crippen LogP contribution in [0.4, 0.5) is 0 Å². The number of aromatic nitrogens is 1. The first-order chi connectivity index (χ1) is 12.1. The fraction of sp³-hybridized carbons (Fsp3) is 0.550. The maximum atomic E-state index is 12.1. The molecule has 1 saturated carbocycles. The summed E-state index contributed by atoms with van der Waals surface area (Å²) in [5.74, 6) is 2.37. The second-order valence-corrected chi connectivity index (χ2v) is 7.79. The number of rotatable bonds is 4. The van der Waals surface area contributed by atoms with E-state index in [2.05, 4.69) is 11.8 Å². The molecule has 1 spiro atoms. The van der Waals surface area contributed by atoms with Crippen molar-refractivity contribution in [3.8, 4) is 5.75 Å². The van der Waals surface area contributed by atoms with E-state index in [1.807, 2.05) is 6.07 Å². The Labute approximate surface area is 147 Å². The highest BCUT2D eigenvalue weighted by Crippen LogP contribution is 2.71. The van der Waals surface area contributed by atoms with Crippen LogP contribution in [0.2, 0.25) is 0 Å². The molecular weight excluding hydrogens is 316 g/mol. The molecule has 1 aliphatic carbocycles. The number of aliphatic hydroxyl groups is 1. The van der Waals surface area contributed by atoms with Gasteiger partial charge in [-0.3, -0.25) is 4.90 Å². The maximum Gasteiger partial charge on any atom is 0.224 e. The third kappa shape index (κ3) is 1.83. The lowest BCUT2D eigenvalue weighted by atomic mass is 9.82. The quantitative estimate of drug-likeness (QED) is 0.686. The van der Waals surface area contributed by atoms with Gasteiger partial charge in [-0.15, -0.1) is 0 Å². The van der Waals surface area contributed by atoms with Crippen molar-refractivity contribution in [2.24, 2.45) is 11.8 Å². The van der Waals surface area contributed by atoms with Crippen molar-refractivity contribution in [1.29, 1.82) is 0 Å². The van der Waals surface area contributed by atoms with E-state index in [-0.39, 0.29) is 6.04 Å². The van der Waals surface area contributed by atoms with Crippen LogP contribution in [0.1, 0.15) is 37.9 Å². The van der Waals surface area contributed by atoms with Crippen LogP contribution < -0.4 is 9.47 Å². The van der Waals surface area contributed by atoms with Crippen molar-refractivity contribution in [1.82, 2.24) is 4.90 Å². The van der Waals surface area contributed by atoms with Crippen LogP contribution >= 0.6 is 0 Å². The summed E-state index contributed by atoms with van der Waals surface area (Å²) in [5, 5.41) is 24.0. The number of nitrogens with zero attached hydrogens (tertiary/aromatic N) is 2. The molecule has 132 valence electrons. The molecule has 0 bridgehead atoms. The molecule has 25 heavy (non-hydrogen) atoms. The summed E-state index contributed by atoms with van der Waals surface area (Å²) in [6.07, 6.45) is 4.52. The van der Waals surface area contributed by atoms with Crippen LogP contribution in [-0.2, 0) is 0 Å². The number of hydrogen-bond acceptors (Lipinski definition) is 4. The molecule has 1 aromatic heterocycles. The minimum Gasteiger partial charge on any atom is -0.618 e. The van der Waals surface area contributed by atoms with E-state index in [1.54, 1.807) is 25.3 Å². The fourth-order valence-electron chi connectivity index (χ4n) is 5.95. The summed E-state index contributed by atoms with van der Waals surface area (Å²) in [6, 6.07) is 7.34. The number of aliphatic hydroxyl groups excluding tert-OH is 1. The van der Waals surface area contributed by atoms with Crippen molar-refractivity contribution >= 4 is 10.9 Å². The topological polar surface area (TPSA) is 59.6 Å². The van der Waals surface area contributed by atoms with Crippen molar-refractivity contribution in [2.45, 2.75) is 43.9 Å². The molecule has 4 unspecified atom stereocenters. The Kier molecular flexibility index (Phi) is 3.13. The van der Waals surface area contributed by atoms with Crippen LogP contribution in [0.3, 0.4) is 0 Å². The lowest BCUT2D eigenvalue weighted by molar-refractivity contribution is -0.577. The van der Waals surface area contributed by atoms with Gasteiger partial charge < -0.3 is 15.1 Å². The van der Waals surface area contributed by atoms with Crippen LogP contribution in [0.5, 0.6) is 5.75 Å². The Morgan fingerprint density at radius 1 is 1.44 bits per heavy atom. The molecule has 5 atom stereocenters. The first-order valence-corrected chi connectivity index (χ1v) is 9.26. The Balaban J connectivity index is 1.51. The van der Waals surface area contributed by atoms with Crippen molar-refractivity contribution in [3.05, 3.63) is 41.2 Å². The van der Waals surface area contributed by atoms with Gasteiger partial charge in [0.15, 0.2) is 6.20 Å². The van der Waals surface area contributed by atoms with Crippen molar-refractivity contribution in [3.63, 3.8) is 0 Å². The van der Waals surface area contributed by atoms with E-state index in [0.29, 0.717) is 16.8 Å². The van der Waals surface area contributed by atoms with Crippen LogP contribution in [0.15, 0.2) is 30.5 Å². The van der Waals surface area contributed by atoms with Gasteiger partial charge in [-0.05, 0) is 43.4 Å². The summed E-state index contributed by atoms with van der Waals surface area (Å²) in [4.78, 5) is 2.54. The third-order valence-corrected chi connectivity index (χ3v) is 7.08. The lowest BCUT2D eigenvalue weighted by Crippen LogP contribution is -2.59. The molecule has 3 aliphatic rings. The molecule has 5 rings (SSSR count). The molecule has 5 heteroatoms. The van der Waals surface area contributed by atoms with Gasteiger partial charge in [0.05, 0.1) is 18.6 Å². The predicted molar refractivity (Wildman–Crippen MR) is 94.1 cm³/mol. The fourth-order valence-corrected chi connectivity index (χ4v) is 5.95. The summed E-state index contributed by atoms with van der Waals surface area (Å²) in [6.45, 7) is 3.38. The number of hydrogen-bond donors (Lipinski definition) is 1. The van der Waals surface area contributed by atoms with E-state index in [0.717, 1.165) is 40.5 Å². The average Bonchev–Trinajstić information content (AvgIpc) is 3.19. The summed E-state index contributed by atoms with van der Waals surface area (Å²) in [7, 11) is 1.61. The number of pyridine rings is 1. The molecule has 5 nitrogen and oxygen atoms in total. The second kappa shape index (κ2) is 5.08. The molecule has 2 saturated heterocycles. The Morgan fingerprint density at radius 3 is 3.00 bits per heavy atom. The Bertz CT molecular complexity index is 848. The summed E-state index contributed by atoms with van der Waals surface area (Å²) < 4.78 is 6.17. The SMILES string of the molecule is CCC1C2CCN3C([C@@H](O)c4cc[n+]([O-])c5ccc(OC)cc45)CC123. The van der Waals surface area contributed by atoms with E-state index in [1.165, 1.54) is 19.0 Å². The molecule has 0 radical (unpaired) electrons. The Morgan fingerprint density at radius 2 is 2.28 bits per heavy atom. The van der Waals surface area contributed by atoms with Gasteiger partial charge in [0, 0.05) is 29.3 Å². The molecule has 3 fully saturated rings. The smallest absolute Gasteiger partial charge is 0.224 e. The van der Waals surface area contributed by atoms with Crippen molar-refractivity contribution in [2.75, 3.05) is 13.7 Å². The van der Waals surface area contributed by atoms with Gasteiger partial charge in [0.25, 0.3) is 0 Å². The minimum atomic E-state index is -0.571. The first kappa shape index (κ1) is 15.4. The highest BCUT2D eigenvalue weighted by atomic mass is 16.5. The Hall–Kier alpha value is -1.85. The molecule has 2 aliphatic heterocycles. The summed E-state index contributed by atoms with van der Waals surface area (Å²) >= 11 is 0. The standard InChI is InChI=1S/C20H24N2O3/c1-3-15-16-7-8-21-18(11-20(15,16)21)19(23)13-6-9-22(24)17-5-4-12(25-2)10-14(13)17/h4-6,9-10,15-16,18-19,23H,3,7-8,11H2,1-2H3/t15?,16?,18?,19-,20?/m0/s1. The molecule has 2 aromatic rings. The number of benzene rings is 1. The number of methoxy groups -OCH3 is 1. The molecule has 1 aromatic carbocycles. The lowest BCUT2D eigenvalue weighted by Gasteiger charge is -2.51. The summed E-state index contributed by atoms with van der Waals surface area (Å²) in [5.41, 5.74) is 1.79. The third-order valence-electron chi connectivity index (χ3n) is 7.08. The second-order valence-electron chi connectivity index (χ2n) is 7.79. The van der Waals surface area contributed by atoms with E-state index < -0.39 is 6.10 Å². The molecule has 3 heterocycles. The van der Waals surface area contributed by atoms with Gasteiger partial charge in [0.2, 0.25) is 5.52 Å². The normalized spacial score (nSPS) is 34.3. The molecule has 0 amide bonds. The zero-order chi connectivity index (χ0) is 17.3. The molecular formula is C20H24N2O3. The van der Waals surface area contributed by atoms with Gasteiger partial charge in [-0.2, -0.15) is 4.73 Å². The monoisotopic (exact) mass is 340 g/mol. The van der Waals surface area contributed by atoms with Crippen LogP contribution in [-0.4, -0.2) is 35.2 Å². The largest absolute Gasteiger partial charge is 0.618 e. The van der Waals surface area contributed by atoms with Crippen molar-refractivity contribution < 1.29 is 14.6 Å².